The molecule has 0 spiro atoms. The zero-order valence-corrected chi connectivity index (χ0v) is 5.91. The Morgan fingerprint density at radius 3 is 1.14 bits per heavy atom. The van der Waals surface area contributed by atoms with Crippen LogP contribution in [0.2, 0.25) is 0 Å². The van der Waals surface area contributed by atoms with E-state index in [-0.39, 0.29) is 0 Å². The first-order chi connectivity index (χ1) is 3.33. The fourth-order valence-electron chi connectivity index (χ4n) is 0. The van der Waals surface area contributed by atoms with Crippen LogP contribution in [0.4, 0.5) is 0 Å². The molecule has 0 amide bonds. The van der Waals surface area contributed by atoms with Crippen LogP contribution in [0.25, 0.3) is 0 Å². The Bertz CT molecular complexity index is 11.7. The molecular weight excluding hydrogens is 86.1 g/mol. The van der Waals surface area contributed by atoms with Crippen molar-refractivity contribution in [3.05, 3.63) is 0 Å². The summed E-state index contributed by atoms with van der Waals surface area (Å²) in [5.74, 6) is 0. The molecule has 0 rings (SSSR count). The molecular formula is C6H17N. The molecule has 0 aromatic heterocycles. The van der Waals surface area contributed by atoms with Crippen LogP contribution in [-0.4, -0.2) is 14.1 Å². The number of nitrogens with one attached hydrogen (secondary N) is 1. The SMILES string of the molecule is CCCC.CNC. The number of unbranched alkanes of at least 4 members (excludes halogenated alkanes) is 1. The van der Waals surface area contributed by atoms with Gasteiger partial charge in [-0.2, -0.15) is 0 Å². The molecule has 1 nitrogen and oxygen atoms in total. The van der Waals surface area contributed by atoms with Gasteiger partial charge in [0.25, 0.3) is 0 Å². The van der Waals surface area contributed by atoms with Gasteiger partial charge in [0.1, 0.15) is 0 Å². The molecule has 0 unspecified atom stereocenters. The number of hydrogen-bond acceptors (Lipinski definition) is 1. The third kappa shape index (κ3) is 101. The lowest BCUT2D eigenvalue weighted by atomic mass is 10.4. The van der Waals surface area contributed by atoms with Gasteiger partial charge < -0.3 is 5.32 Å². The van der Waals surface area contributed by atoms with Crippen LogP contribution in [0, 0.1) is 0 Å². The monoisotopic (exact) mass is 103 g/mol. The third-order valence-corrected chi connectivity index (χ3v) is 0.500. The first-order valence-electron chi connectivity index (χ1n) is 2.91. The van der Waals surface area contributed by atoms with Gasteiger partial charge in [0, 0.05) is 0 Å². The van der Waals surface area contributed by atoms with E-state index in [2.05, 4.69) is 19.2 Å². The number of hydrogen-bond donors (Lipinski definition) is 1. The fourth-order valence-corrected chi connectivity index (χ4v) is 0. The van der Waals surface area contributed by atoms with Gasteiger partial charge in [-0.05, 0) is 14.1 Å². The summed E-state index contributed by atoms with van der Waals surface area (Å²) in [6.07, 6.45) is 2.64. The molecule has 0 aliphatic rings. The van der Waals surface area contributed by atoms with Gasteiger partial charge in [0.2, 0.25) is 0 Å². The van der Waals surface area contributed by atoms with Crippen LogP contribution in [0.1, 0.15) is 26.7 Å². The Kier molecular flexibility index (Phi) is 24.0. The Labute approximate surface area is 47.1 Å². The molecule has 1 heteroatoms. The van der Waals surface area contributed by atoms with Crippen LogP contribution in [0.3, 0.4) is 0 Å². The quantitative estimate of drug-likeness (QED) is 0.532. The zero-order valence-electron chi connectivity index (χ0n) is 5.91. The van der Waals surface area contributed by atoms with E-state index in [1.807, 2.05) is 14.1 Å². The molecule has 0 fully saturated rings. The van der Waals surface area contributed by atoms with Gasteiger partial charge in [-0.25, -0.2) is 0 Å². The molecule has 0 aliphatic carbocycles. The average Bonchev–Trinajstić information content (AvgIpc) is 1.69. The Balaban J connectivity index is 0. The van der Waals surface area contributed by atoms with Gasteiger partial charge in [-0.1, -0.05) is 26.7 Å². The lowest BCUT2D eigenvalue weighted by Gasteiger charge is -1.68. The summed E-state index contributed by atoms with van der Waals surface area (Å²) in [4.78, 5) is 0. The summed E-state index contributed by atoms with van der Waals surface area (Å²) in [7, 11) is 3.75. The Morgan fingerprint density at radius 2 is 1.14 bits per heavy atom. The topological polar surface area (TPSA) is 12.0 Å². The maximum atomic E-state index is 2.75. The van der Waals surface area contributed by atoms with Gasteiger partial charge >= 0.3 is 0 Å². The van der Waals surface area contributed by atoms with Crippen molar-refractivity contribution < 1.29 is 0 Å². The summed E-state index contributed by atoms with van der Waals surface area (Å²) in [5.41, 5.74) is 0. The van der Waals surface area contributed by atoms with Crippen LogP contribution in [0.15, 0.2) is 0 Å². The smallest absolute Gasteiger partial charge is 0.0167 e. The van der Waals surface area contributed by atoms with Crippen molar-refractivity contribution in [1.29, 1.82) is 0 Å². The minimum Gasteiger partial charge on any atom is -0.323 e. The van der Waals surface area contributed by atoms with Crippen LogP contribution >= 0.6 is 0 Å². The second-order valence-electron chi connectivity index (χ2n) is 1.50. The van der Waals surface area contributed by atoms with E-state index in [0.29, 0.717) is 0 Å². The fraction of sp³-hybridized carbons (Fsp3) is 1.00. The van der Waals surface area contributed by atoms with Crippen molar-refractivity contribution in [2.45, 2.75) is 26.7 Å². The average molecular weight is 103 g/mol. The molecule has 0 aliphatic heterocycles. The first kappa shape index (κ1) is 10.0. The van der Waals surface area contributed by atoms with Crippen molar-refractivity contribution in [1.82, 2.24) is 5.32 Å². The molecule has 0 atom stereocenters. The van der Waals surface area contributed by atoms with E-state index in [0.717, 1.165) is 0 Å². The third-order valence-electron chi connectivity index (χ3n) is 0.500. The molecule has 0 saturated carbocycles. The van der Waals surface area contributed by atoms with Crippen LogP contribution in [-0.2, 0) is 0 Å². The van der Waals surface area contributed by atoms with E-state index in [1.165, 1.54) is 12.8 Å². The van der Waals surface area contributed by atoms with E-state index in [4.69, 9.17) is 0 Å². The highest BCUT2D eigenvalue weighted by Crippen LogP contribution is 1.76. The maximum absolute atomic E-state index is 2.75. The molecule has 1 N–H and O–H groups in total. The first-order valence-corrected chi connectivity index (χ1v) is 2.91. The van der Waals surface area contributed by atoms with E-state index in [1.54, 1.807) is 0 Å². The van der Waals surface area contributed by atoms with E-state index in [9.17, 15) is 0 Å². The number of rotatable bonds is 1. The molecule has 0 bridgehead atoms. The van der Waals surface area contributed by atoms with Crippen molar-refractivity contribution >= 4 is 0 Å². The van der Waals surface area contributed by atoms with Gasteiger partial charge in [0.05, 0.1) is 0 Å². The summed E-state index contributed by atoms with van der Waals surface area (Å²) < 4.78 is 0. The summed E-state index contributed by atoms with van der Waals surface area (Å²) in [6, 6.07) is 0. The second-order valence-corrected chi connectivity index (χ2v) is 1.50. The van der Waals surface area contributed by atoms with Gasteiger partial charge in [-0.15, -0.1) is 0 Å². The van der Waals surface area contributed by atoms with Crippen molar-refractivity contribution in [2.75, 3.05) is 14.1 Å². The molecule has 0 saturated heterocycles. The van der Waals surface area contributed by atoms with Gasteiger partial charge in [-0.3, -0.25) is 0 Å². The molecule has 0 radical (unpaired) electrons. The minimum absolute atomic E-state index is 1.32. The Hall–Kier alpha value is -0.0400. The summed E-state index contributed by atoms with van der Waals surface area (Å²) in [5, 5.41) is 2.75. The highest BCUT2D eigenvalue weighted by atomic mass is 14.7. The maximum Gasteiger partial charge on any atom is -0.0167 e. The Morgan fingerprint density at radius 1 is 1.00 bits per heavy atom. The lowest BCUT2D eigenvalue weighted by Crippen LogP contribution is -1.89. The molecule has 7 heavy (non-hydrogen) atoms. The van der Waals surface area contributed by atoms with Crippen molar-refractivity contribution in [2.24, 2.45) is 0 Å². The summed E-state index contributed by atoms with van der Waals surface area (Å²) in [6.45, 7) is 4.36. The standard InChI is InChI=1S/C4H10.C2H7N/c1-3-4-2;1-3-2/h3-4H2,1-2H3;3H,1-2H3. The highest BCUT2D eigenvalue weighted by molar-refractivity contribution is 4.12. The van der Waals surface area contributed by atoms with Crippen molar-refractivity contribution in [3.8, 4) is 0 Å². The second kappa shape index (κ2) is 16.7. The molecule has 0 heterocycles. The zero-order chi connectivity index (χ0) is 6.12. The molecule has 0 aromatic carbocycles. The van der Waals surface area contributed by atoms with E-state index >= 15 is 0 Å². The highest BCUT2D eigenvalue weighted by Gasteiger charge is 1.56. The van der Waals surface area contributed by atoms with E-state index < -0.39 is 0 Å². The molecule has 46 valence electrons. The predicted octanol–water partition coefficient (Wildman–Crippen LogP) is 1.64. The minimum atomic E-state index is 1.32. The van der Waals surface area contributed by atoms with Crippen molar-refractivity contribution in [3.63, 3.8) is 0 Å². The largest absolute Gasteiger partial charge is 0.323 e. The molecule has 0 aromatic rings. The summed E-state index contributed by atoms with van der Waals surface area (Å²) >= 11 is 0. The van der Waals surface area contributed by atoms with Crippen LogP contribution < -0.4 is 5.32 Å². The predicted molar refractivity (Wildman–Crippen MR) is 35.6 cm³/mol. The van der Waals surface area contributed by atoms with Crippen LogP contribution in [0.5, 0.6) is 0 Å². The normalized spacial score (nSPS) is 6.86. The lowest BCUT2D eigenvalue weighted by molar-refractivity contribution is 0.886. The van der Waals surface area contributed by atoms with Gasteiger partial charge in [0.15, 0.2) is 0 Å².